The smallest absolute Gasteiger partial charge is 0.184 e. The third-order valence-electron chi connectivity index (χ3n) is 2.75. The summed E-state index contributed by atoms with van der Waals surface area (Å²) in [6.07, 6.45) is -0.198. The van der Waals surface area contributed by atoms with Crippen LogP contribution in [-0.2, 0) is 9.47 Å². The van der Waals surface area contributed by atoms with Crippen LogP contribution >= 0.6 is 0 Å². The molecule has 0 amide bonds. The minimum absolute atomic E-state index is 0.198. The Bertz CT molecular complexity index is 319. The zero-order valence-electron chi connectivity index (χ0n) is 9.19. The van der Waals surface area contributed by atoms with Gasteiger partial charge in [-0.05, 0) is 19.5 Å². The zero-order valence-corrected chi connectivity index (χ0v) is 9.19. The Kier molecular flexibility index (Phi) is 3.36. The number of likely N-dealkylation sites (N-methyl/N-ethyl adjacent to an activating group) is 1. The first-order chi connectivity index (χ1) is 7.31. The molecule has 1 N–H and O–H groups in total. The Hall–Kier alpha value is -0.900. The average Bonchev–Trinajstić information content (AvgIpc) is 2.30. The molecule has 2 rings (SSSR count). The largest absolute Gasteiger partial charge is 0.347 e. The van der Waals surface area contributed by atoms with Crippen molar-refractivity contribution in [2.45, 2.75) is 19.3 Å². The molecule has 0 aromatic heterocycles. The van der Waals surface area contributed by atoms with Crippen molar-refractivity contribution in [1.29, 1.82) is 0 Å². The second-order valence-electron chi connectivity index (χ2n) is 3.84. The van der Waals surface area contributed by atoms with Crippen molar-refractivity contribution in [3.63, 3.8) is 0 Å². The predicted octanol–water partition coefficient (Wildman–Crippen LogP) is 1.63. The first-order valence-corrected chi connectivity index (χ1v) is 5.27. The van der Waals surface area contributed by atoms with Crippen molar-refractivity contribution < 1.29 is 9.47 Å². The van der Waals surface area contributed by atoms with Gasteiger partial charge in [0.05, 0.1) is 19.3 Å². The van der Waals surface area contributed by atoms with Crippen LogP contribution in [0, 0.1) is 6.92 Å². The van der Waals surface area contributed by atoms with Crippen molar-refractivity contribution in [2.75, 3.05) is 20.3 Å². The van der Waals surface area contributed by atoms with Gasteiger partial charge in [0.25, 0.3) is 0 Å². The average molecular weight is 207 g/mol. The van der Waals surface area contributed by atoms with Crippen molar-refractivity contribution >= 4 is 0 Å². The standard InChI is InChI=1S/C12H17NO2/c1-9-5-3-4-6-11(9)12-14-7-10(13-2)8-15-12/h3-6,10,12-13H,7-8H2,1-2H3. The van der Waals surface area contributed by atoms with Crippen LogP contribution in [0.3, 0.4) is 0 Å². The van der Waals surface area contributed by atoms with E-state index in [1.807, 2.05) is 19.2 Å². The van der Waals surface area contributed by atoms with Gasteiger partial charge in [0.1, 0.15) is 0 Å². The molecule has 0 aliphatic carbocycles. The van der Waals surface area contributed by atoms with E-state index in [4.69, 9.17) is 9.47 Å². The molecule has 1 aliphatic rings. The number of rotatable bonds is 2. The molecular weight excluding hydrogens is 190 g/mol. The molecule has 1 aromatic carbocycles. The number of ether oxygens (including phenoxy) is 2. The van der Waals surface area contributed by atoms with Gasteiger partial charge in [-0.3, -0.25) is 0 Å². The second kappa shape index (κ2) is 4.75. The number of aryl methyl sites for hydroxylation is 1. The first-order valence-electron chi connectivity index (χ1n) is 5.27. The summed E-state index contributed by atoms with van der Waals surface area (Å²) in [5.41, 5.74) is 2.34. The van der Waals surface area contributed by atoms with Crippen molar-refractivity contribution in [2.24, 2.45) is 0 Å². The molecule has 1 aliphatic heterocycles. The maximum Gasteiger partial charge on any atom is 0.184 e. The minimum Gasteiger partial charge on any atom is -0.347 e. The van der Waals surface area contributed by atoms with Gasteiger partial charge < -0.3 is 14.8 Å². The van der Waals surface area contributed by atoms with Crippen molar-refractivity contribution in [3.8, 4) is 0 Å². The molecule has 1 heterocycles. The summed E-state index contributed by atoms with van der Waals surface area (Å²) >= 11 is 0. The third kappa shape index (κ3) is 2.37. The fraction of sp³-hybridized carbons (Fsp3) is 0.500. The van der Waals surface area contributed by atoms with Crippen LogP contribution in [0.1, 0.15) is 17.4 Å². The molecule has 1 aromatic rings. The monoisotopic (exact) mass is 207 g/mol. The lowest BCUT2D eigenvalue weighted by Gasteiger charge is -2.30. The lowest BCUT2D eigenvalue weighted by Crippen LogP contribution is -2.40. The first kappa shape index (κ1) is 10.6. The Morgan fingerprint density at radius 3 is 2.47 bits per heavy atom. The fourth-order valence-corrected chi connectivity index (χ4v) is 1.70. The SMILES string of the molecule is CNC1COC(c2ccccc2C)OC1. The summed E-state index contributed by atoms with van der Waals surface area (Å²) in [7, 11) is 1.92. The van der Waals surface area contributed by atoms with Gasteiger partial charge in [0.15, 0.2) is 6.29 Å². The van der Waals surface area contributed by atoms with Gasteiger partial charge in [-0.15, -0.1) is 0 Å². The molecule has 0 unspecified atom stereocenters. The number of benzene rings is 1. The van der Waals surface area contributed by atoms with Crippen molar-refractivity contribution in [3.05, 3.63) is 35.4 Å². The molecular formula is C12H17NO2. The number of hydrogen-bond acceptors (Lipinski definition) is 3. The van der Waals surface area contributed by atoms with Crippen LogP contribution in [0.4, 0.5) is 0 Å². The van der Waals surface area contributed by atoms with Gasteiger partial charge in [0, 0.05) is 5.56 Å². The topological polar surface area (TPSA) is 30.5 Å². The van der Waals surface area contributed by atoms with Crippen LogP contribution in [0.5, 0.6) is 0 Å². The van der Waals surface area contributed by atoms with E-state index in [2.05, 4.69) is 24.4 Å². The van der Waals surface area contributed by atoms with E-state index in [1.54, 1.807) is 0 Å². The van der Waals surface area contributed by atoms with Crippen LogP contribution in [0.25, 0.3) is 0 Å². The van der Waals surface area contributed by atoms with E-state index in [-0.39, 0.29) is 6.29 Å². The molecule has 1 saturated heterocycles. The predicted molar refractivity (Wildman–Crippen MR) is 58.7 cm³/mol. The molecule has 0 bridgehead atoms. The van der Waals surface area contributed by atoms with E-state index in [0.29, 0.717) is 19.3 Å². The highest BCUT2D eigenvalue weighted by molar-refractivity contribution is 5.26. The lowest BCUT2D eigenvalue weighted by molar-refractivity contribution is -0.193. The molecule has 3 heteroatoms. The highest BCUT2D eigenvalue weighted by atomic mass is 16.7. The summed E-state index contributed by atoms with van der Waals surface area (Å²) in [5, 5.41) is 3.14. The summed E-state index contributed by atoms with van der Waals surface area (Å²) in [6, 6.07) is 8.48. The molecule has 3 nitrogen and oxygen atoms in total. The van der Waals surface area contributed by atoms with E-state index in [9.17, 15) is 0 Å². The second-order valence-corrected chi connectivity index (χ2v) is 3.84. The maximum absolute atomic E-state index is 5.66. The Morgan fingerprint density at radius 2 is 1.87 bits per heavy atom. The van der Waals surface area contributed by atoms with Crippen LogP contribution in [-0.4, -0.2) is 26.3 Å². The van der Waals surface area contributed by atoms with Gasteiger partial charge in [-0.25, -0.2) is 0 Å². The highest BCUT2D eigenvalue weighted by Gasteiger charge is 2.23. The normalized spacial score (nSPS) is 26.5. The molecule has 0 saturated carbocycles. The highest BCUT2D eigenvalue weighted by Crippen LogP contribution is 2.25. The Labute approximate surface area is 90.4 Å². The van der Waals surface area contributed by atoms with Crippen LogP contribution in [0.2, 0.25) is 0 Å². The van der Waals surface area contributed by atoms with E-state index in [0.717, 1.165) is 5.56 Å². The fourth-order valence-electron chi connectivity index (χ4n) is 1.70. The summed E-state index contributed by atoms with van der Waals surface area (Å²) < 4.78 is 11.3. The van der Waals surface area contributed by atoms with Gasteiger partial charge >= 0.3 is 0 Å². The molecule has 0 spiro atoms. The Morgan fingerprint density at radius 1 is 1.20 bits per heavy atom. The van der Waals surface area contributed by atoms with E-state index < -0.39 is 0 Å². The third-order valence-corrected chi connectivity index (χ3v) is 2.75. The van der Waals surface area contributed by atoms with Gasteiger partial charge in [-0.2, -0.15) is 0 Å². The van der Waals surface area contributed by atoms with Crippen LogP contribution < -0.4 is 5.32 Å². The number of hydrogen-bond donors (Lipinski definition) is 1. The molecule has 82 valence electrons. The maximum atomic E-state index is 5.66. The zero-order chi connectivity index (χ0) is 10.7. The minimum atomic E-state index is -0.198. The summed E-state index contributed by atoms with van der Waals surface area (Å²) in [6.45, 7) is 3.48. The molecule has 0 atom stereocenters. The molecule has 15 heavy (non-hydrogen) atoms. The van der Waals surface area contributed by atoms with Gasteiger partial charge in [0.2, 0.25) is 0 Å². The molecule has 1 fully saturated rings. The summed E-state index contributed by atoms with van der Waals surface area (Å²) in [4.78, 5) is 0. The summed E-state index contributed by atoms with van der Waals surface area (Å²) in [5.74, 6) is 0. The Balaban J connectivity index is 2.04. The van der Waals surface area contributed by atoms with Crippen LogP contribution in [0.15, 0.2) is 24.3 Å². The molecule has 0 radical (unpaired) electrons. The number of nitrogens with one attached hydrogen (secondary N) is 1. The quantitative estimate of drug-likeness (QED) is 0.799. The van der Waals surface area contributed by atoms with E-state index >= 15 is 0 Å². The van der Waals surface area contributed by atoms with E-state index in [1.165, 1.54) is 5.56 Å². The van der Waals surface area contributed by atoms with Gasteiger partial charge in [-0.1, -0.05) is 24.3 Å². The van der Waals surface area contributed by atoms with Crippen molar-refractivity contribution in [1.82, 2.24) is 5.32 Å². The lowest BCUT2D eigenvalue weighted by atomic mass is 10.1.